The van der Waals surface area contributed by atoms with Crippen molar-refractivity contribution in [1.82, 2.24) is 19.8 Å². The first-order valence-corrected chi connectivity index (χ1v) is 8.54. The molecular weight excluding hydrogens is 334 g/mol. The van der Waals surface area contributed by atoms with E-state index >= 15 is 0 Å². The van der Waals surface area contributed by atoms with Gasteiger partial charge in [-0.25, -0.2) is 9.97 Å². The summed E-state index contributed by atoms with van der Waals surface area (Å²) in [4.78, 5) is 25.6. The fraction of sp³-hybridized carbons (Fsp3) is 0.400. The lowest BCUT2D eigenvalue weighted by molar-refractivity contribution is 0.0784. The molecule has 2 aromatic rings. The van der Waals surface area contributed by atoms with Gasteiger partial charge in [0.1, 0.15) is 11.6 Å². The summed E-state index contributed by atoms with van der Waals surface area (Å²) in [5.74, 6) is 1.22. The number of carbonyl (C=O) groups excluding carboxylic acids is 1. The summed E-state index contributed by atoms with van der Waals surface area (Å²) < 4.78 is 0.639. The third kappa shape index (κ3) is 3.80. The van der Waals surface area contributed by atoms with Crippen LogP contribution in [-0.4, -0.2) is 51.9 Å². The van der Waals surface area contributed by atoms with Gasteiger partial charge >= 0.3 is 0 Å². The molecule has 1 aliphatic heterocycles. The Morgan fingerprint density at radius 3 is 3.04 bits per heavy atom. The number of carbonyl (C=O) groups is 1. The molecule has 1 atom stereocenters. The first-order chi connectivity index (χ1) is 11.0. The van der Waals surface area contributed by atoms with Crippen molar-refractivity contribution in [1.29, 1.82) is 0 Å². The summed E-state index contributed by atoms with van der Waals surface area (Å²) in [5, 5.41) is 0. The predicted octanol–water partition coefficient (Wildman–Crippen LogP) is 2.12. The molecule has 8 heteroatoms. The van der Waals surface area contributed by atoms with Crippen LogP contribution in [-0.2, 0) is 6.54 Å². The molecule has 0 bridgehead atoms. The predicted molar refractivity (Wildman–Crippen MR) is 91.5 cm³/mol. The SMILES string of the molecule is CN(Cc1nccc(N)n1)[C@@H]1CCN(C(=O)c2ccc(Cl)s2)C1. The van der Waals surface area contributed by atoms with E-state index in [-0.39, 0.29) is 5.91 Å². The zero-order valence-corrected chi connectivity index (χ0v) is 14.3. The van der Waals surface area contributed by atoms with Crippen molar-refractivity contribution < 1.29 is 4.79 Å². The Balaban J connectivity index is 1.59. The second-order valence-corrected chi connectivity index (χ2v) is 7.33. The normalized spacial score (nSPS) is 17.9. The highest BCUT2D eigenvalue weighted by molar-refractivity contribution is 7.17. The van der Waals surface area contributed by atoms with Crippen molar-refractivity contribution in [2.24, 2.45) is 0 Å². The Hall–Kier alpha value is -1.70. The highest BCUT2D eigenvalue weighted by Crippen LogP contribution is 2.25. The van der Waals surface area contributed by atoms with Crippen LogP contribution in [0.5, 0.6) is 0 Å². The highest BCUT2D eigenvalue weighted by atomic mass is 35.5. The Labute approximate surface area is 143 Å². The number of nitrogens with zero attached hydrogens (tertiary/aromatic N) is 4. The molecule has 1 aliphatic rings. The van der Waals surface area contributed by atoms with Gasteiger partial charge in [-0.1, -0.05) is 11.6 Å². The molecular formula is C15H18ClN5OS. The Morgan fingerprint density at radius 1 is 1.52 bits per heavy atom. The van der Waals surface area contributed by atoms with Crippen LogP contribution in [0.3, 0.4) is 0 Å². The van der Waals surface area contributed by atoms with E-state index in [1.807, 2.05) is 11.9 Å². The number of likely N-dealkylation sites (N-methyl/N-ethyl adjacent to an activating group) is 1. The molecule has 0 radical (unpaired) electrons. The molecule has 0 unspecified atom stereocenters. The average molecular weight is 352 g/mol. The van der Waals surface area contributed by atoms with E-state index in [1.54, 1.807) is 24.4 Å². The van der Waals surface area contributed by atoms with E-state index in [9.17, 15) is 4.79 Å². The van der Waals surface area contributed by atoms with Crippen LogP contribution in [0.1, 0.15) is 21.9 Å². The summed E-state index contributed by atoms with van der Waals surface area (Å²) in [7, 11) is 2.02. The molecule has 1 saturated heterocycles. The van der Waals surface area contributed by atoms with Crippen LogP contribution < -0.4 is 5.73 Å². The number of anilines is 1. The maximum atomic E-state index is 12.4. The van der Waals surface area contributed by atoms with E-state index in [0.29, 0.717) is 40.0 Å². The number of likely N-dealkylation sites (tertiary alicyclic amines) is 1. The van der Waals surface area contributed by atoms with E-state index in [1.165, 1.54) is 11.3 Å². The summed E-state index contributed by atoms with van der Waals surface area (Å²) in [5.41, 5.74) is 5.68. The zero-order valence-electron chi connectivity index (χ0n) is 12.8. The van der Waals surface area contributed by atoms with Gasteiger partial charge in [-0.05, 0) is 31.7 Å². The Kier molecular flexibility index (Phi) is 4.79. The lowest BCUT2D eigenvalue weighted by Gasteiger charge is -2.23. The van der Waals surface area contributed by atoms with E-state index < -0.39 is 0 Å². The van der Waals surface area contributed by atoms with Crippen molar-refractivity contribution in [3.05, 3.63) is 39.4 Å². The van der Waals surface area contributed by atoms with Crippen LogP contribution >= 0.6 is 22.9 Å². The number of thiophene rings is 1. The molecule has 3 rings (SSSR count). The summed E-state index contributed by atoms with van der Waals surface area (Å²) in [6.45, 7) is 2.07. The molecule has 122 valence electrons. The van der Waals surface area contributed by atoms with Crippen LogP contribution in [0, 0.1) is 0 Å². The number of aromatic nitrogens is 2. The van der Waals surface area contributed by atoms with Gasteiger partial charge in [0.25, 0.3) is 5.91 Å². The number of rotatable bonds is 4. The molecule has 6 nitrogen and oxygen atoms in total. The Morgan fingerprint density at radius 2 is 2.35 bits per heavy atom. The number of hydrogen-bond donors (Lipinski definition) is 1. The molecule has 1 amide bonds. The molecule has 1 fully saturated rings. The lowest BCUT2D eigenvalue weighted by atomic mass is 10.2. The third-order valence-corrected chi connectivity index (χ3v) is 5.19. The maximum Gasteiger partial charge on any atom is 0.264 e. The molecule has 2 aromatic heterocycles. The lowest BCUT2D eigenvalue weighted by Crippen LogP contribution is -2.36. The molecule has 0 aliphatic carbocycles. The number of halogens is 1. The summed E-state index contributed by atoms with van der Waals surface area (Å²) in [6, 6.07) is 5.51. The summed E-state index contributed by atoms with van der Waals surface area (Å²) >= 11 is 7.23. The first-order valence-electron chi connectivity index (χ1n) is 7.35. The second-order valence-electron chi connectivity index (χ2n) is 5.61. The van der Waals surface area contributed by atoms with Gasteiger partial charge in [0.05, 0.1) is 15.8 Å². The van der Waals surface area contributed by atoms with Crippen LogP contribution in [0.15, 0.2) is 24.4 Å². The van der Waals surface area contributed by atoms with Gasteiger partial charge < -0.3 is 10.6 Å². The second kappa shape index (κ2) is 6.82. The number of nitrogens with two attached hydrogens (primary N) is 1. The molecule has 0 saturated carbocycles. The topological polar surface area (TPSA) is 75.4 Å². The first kappa shape index (κ1) is 16.2. The molecule has 23 heavy (non-hydrogen) atoms. The quantitative estimate of drug-likeness (QED) is 0.913. The fourth-order valence-electron chi connectivity index (χ4n) is 2.71. The zero-order chi connectivity index (χ0) is 16.4. The van der Waals surface area contributed by atoms with Gasteiger partial charge in [0, 0.05) is 25.3 Å². The highest BCUT2D eigenvalue weighted by Gasteiger charge is 2.30. The molecule has 2 N–H and O–H groups in total. The molecule has 0 spiro atoms. The molecule has 3 heterocycles. The summed E-state index contributed by atoms with van der Waals surface area (Å²) in [6.07, 6.45) is 2.60. The minimum atomic E-state index is 0.0537. The third-order valence-electron chi connectivity index (χ3n) is 3.98. The van der Waals surface area contributed by atoms with Gasteiger partial charge in [-0.2, -0.15) is 0 Å². The number of amides is 1. The van der Waals surface area contributed by atoms with Gasteiger partial charge in [0.2, 0.25) is 0 Å². The Bertz CT molecular complexity index is 707. The van der Waals surface area contributed by atoms with E-state index in [2.05, 4.69) is 14.9 Å². The maximum absolute atomic E-state index is 12.4. The van der Waals surface area contributed by atoms with Crippen molar-refractivity contribution >= 4 is 34.7 Å². The fourth-order valence-corrected chi connectivity index (χ4v) is 3.73. The van der Waals surface area contributed by atoms with Gasteiger partial charge in [0.15, 0.2) is 0 Å². The monoisotopic (exact) mass is 351 g/mol. The van der Waals surface area contributed by atoms with E-state index in [4.69, 9.17) is 17.3 Å². The number of hydrogen-bond acceptors (Lipinski definition) is 6. The largest absolute Gasteiger partial charge is 0.384 e. The molecule has 0 aromatic carbocycles. The van der Waals surface area contributed by atoms with Crippen LogP contribution in [0.25, 0.3) is 0 Å². The average Bonchev–Trinajstić information content (AvgIpc) is 3.15. The standard InChI is InChI=1S/C15H18ClN5OS/c1-20(9-14-18-6-4-13(17)19-14)10-5-7-21(8-10)15(22)11-2-3-12(16)23-11/h2-4,6,10H,5,7-9H2,1H3,(H2,17,18,19)/t10-/m1/s1. The van der Waals surface area contributed by atoms with Gasteiger partial charge in [-0.3, -0.25) is 9.69 Å². The van der Waals surface area contributed by atoms with Gasteiger partial charge in [-0.15, -0.1) is 11.3 Å². The smallest absolute Gasteiger partial charge is 0.264 e. The van der Waals surface area contributed by atoms with Crippen molar-refractivity contribution in [3.63, 3.8) is 0 Å². The minimum absolute atomic E-state index is 0.0537. The van der Waals surface area contributed by atoms with Crippen LogP contribution in [0.2, 0.25) is 4.34 Å². The number of nitrogen functional groups attached to an aromatic ring is 1. The van der Waals surface area contributed by atoms with E-state index in [0.717, 1.165) is 13.0 Å². The van der Waals surface area contributed by atoms with Crippen molar-refractivity contribution in [2.75, 3.05) is 25.9 Å². The van der Waals surface area contributed by atoms with Crippen molar-refractivity contribution in [2.45, 2.75) is 19.0 Å². The van der Waals surface area contributed by atoms with Crippen LogP contribution in [0.4, 0.5) is 5.82 Å². The van der Waals surface area contributed by atoms with Crippen molar-refractivity contribution in [3.8, 4) is 0 Å². The minimum Gasteiger partial charge on any atom is -0.384 e.